The van der Waals surface area contributed by atoms with Gasteiger partial charge >= 0.3 is 0 Å². The van der Waals surface area contributed by atoms with Gasteiger partial charge in [0.15, 0.2) is 0 Å². The summed E-state index contributed by atoms with van der Waals surface area (Å²) in [6, 6.07) is 6.25. The molecule has 0 nitrogen and oxygen atoms in total. The molecular weight excluding hydrogens is 399 g/mol. The molecule has 0 bridgehead atoms. The zero-order valence-corrected chi connectivity index (χ0v) is 16.4. The second kappa shape index (κ2) is 6.71. The van der Waals surface area contributed by atoms with Gasteiger partial charge in [-0.15, -0.1) is 0 Å². The predicted molar refractivity (Wildman–Crippen MR) is 95.9 cm³/mol. The van der Waals surface area contributed by atoms with Crippen LogP contribution in [0.1, 0.15) is 45.6 Å². The minimum absolute atomic E-state index is 0.270. The van der Waals surface area contributed by atoms with Crippen molar-refractivity contribution in [2.24, 2.45) is 17.3 Å². The third-order valence-electron chi connectivity index (χ3n) is 4.70. The number of hydrogen-bond acceptors (Lipinski definition) is 0. The smallest absolute Gasteiger partial charge is 0.0449 e. The first-order valence-electron chi connectivity index (χ1n) is 7.37. The predicted octanol–water partition coefficient (Wildman–Crippen LogP) is 6.87. The summed E-state index contributed by atoms with van der Waals surface area (Å²) in [5.74, 6) is 1.57. The summed E-state index contributed by atoms with van der Waals surface area (Å²) in [7, 11) is 0. The zero-order valence-electron chi connectivity index (χ0n) is 12.4. The summed E-state index contributed by atoms with van der Waals surface area (Å²) in [5.41, 5.74) is 1.53. The maximum Gasteiger partial charge on any atom is 0.0449 e. The van der Waals surface area contributed by atoms with Gasteiger partial charge in [0.2, 0.25) is 0 Å². The highest BCUT2D eigenvalue weighted by Crippen LogP contribution is 2.45. The lowest BCUT2D eigenvalue weighted by Gasteiger charge is -2.42. The number of alkyl halides is 1. The van der Waals surface area contributed by atoms with E-state index in [0.717, 1.165) is 27.8 Å². The van der Waals surface area contributed by atoms with Gasteiger partial charge in [0.05, 0.1) is 0 Å². The molecule has 112 valence electrons. The van der Waals surface area contributed by atoms with E-state index in [-0.39, 0.29) is 5.41 Å². The van der Waals surface area contributed by atoms with E-state index < -0.39 is 0 Å². The summed E-state index contributed by atoms with van der Waals surface area (Å²) < 4.78 is 1.05. The van der Waals surface area contributed by atoms with Crippen LogP contribution in [0.4, 0.5) is 0 Å². The van der Waals surface area contributed by atoms with Gasteiger partial charge < -0.3 is 0 Å². The molecule has 0 spiro atoms. The fourth-order valence-corrected chi connectivity index (χ4v) is 5.84. The Morgan fingerprint density at radius 2 is 2.00 bits per heavy atom. The Labute approximate surface area is 144 Å². The van der Waals surface area contributed by atoms with Crippen LogP contribution in [0.5, 0.6) is 0 Å². The van der Waals surface area contributed by atoms with E-state index in [4.69, 9.17) is 11.6 Å². The highest BCUT2D eigenvalue weighted by atomic mass is 79.9. The van der Waals surface area contributed by atoms with Crippen LogP contribution in [0, 0.1) is 17.3 Å². The molecule has 0 saturated heterocycles. The van der Waals surface area contributed by atoms with Crippen molar-refractivity contribution in [3.63, 3.8) is 0 Å². The Balaban J connectivity index is 2.14. The van der Waals surface area contributed by atoms with Crippen LogP contribution in [0.15, 0.2) is 22.7 Å². The van der Waals surface area contributed by atoms with Crippen molar-refractivity contribution in [1.82, 2.24) is 0 Å². The molecule has 0 aliphatic heterocycles. The molecule has 1 aliphatic carbocycles. The molecule has 1 aliphatic rings. The van der Waals surface area contributed by atoms with Crippen LogP contribution in [0.25, 0.3) is 0 Å². The summed E-state index contributed by atoms with van der Waals surface area (Å²) in [6.45, 7) is 7.14. The molecule has 20 heavy (non-hydrogen) atoms. The lowest BCUT2D eigenvalue weighted by Crippen LogP contribution is -2.37. The van der Waals surface area contributed by atoms with Gasteiger partial charge in [0, 0.05) is 14.3 Å². The van der Waals surface area contributed by atoms with Crippen molar-refractivity contribution < 1.29 is 0 Å². The van der Waals surface area contributed by atoms with Gasteiger partial charge in [-0.25, -0.2) is 0 Å². The highest BCUT2D eigenvalue weighted by Gasteiger charge is 2.38. The molecule has 1 aromatic rings. The van der Waals surface area contributed by atoms with Crippen molar-refractivity contribution in [3.05, 3.63) is 33.3 Å². The van der Waals surface area contributed by atoms with E-state index in [2.05, 4.69) is 64.8 Å². The normalized spacial score (nSPS) is 27.6. The number of halogens is 3. The van der Waals surface area contributed by atoms with Crippen molar-refractivity contribution in [3.8, 4) is 0 Å². The Hall–Kier alpha value is 0.470. The van der Waals surface area contributed by atoms with Crippen molar-refractivity contribution in [1.29, 1.82) is 0 Å². The fourth-order valence-electron chi connectivity index (χ4n) is 3.48. The number of benzene rings is 1. The Kier molecular flexibility index (Phi) is 5.64. The molecule has 2 rings (SSSR count). The summed E-state index contributed by atoms with van der Waals surface area (Å²) in [4.78, 5) is 0.635. The second-order valence-corrected chi connectivity index (χ2v) is 9.44. The van der Waals surface area contributed by atoms with Crippen LogP contribution in [-0.4, -0.2) is 4.83 Å². The van der Waals surface area contributed by atoms with Gasteiger partial charge in [-0.05, 0) is 54.2 Å². The summed E-state index contributed by atoms with van der Waals surface area (Å²) in [6.07, 6.45) is 5.00. The van der Waals surface area contributed by atoms with E-state index in [0.29, 0.717) is 4.83 Å². The molecule has 0 amide bonds. The first-order chi connectivity index (χ1) is 9.29. The standard InChI is InChI=1S/C17H23Br2Cl/c1-11-4-7-14(15(19)8-11)17(2,3)10-12-5-6-13(18)9-16(12)20/h5-6,9,11,14-15H,4,7-8,10H2,1-3H3. The summed E-state index contributed by atoms with van der Waals surface area (Å²) in [5, 5.41) is 0.878. The van der Waals surface area contributed by atoms with Crippen molar-refractivity contribution >= 4 is 43.5 Å². The van der Waals surface area contributed by atoms with E-state index in [9.17, 15) is 0 Å². The van der Waals surface area contributed by atoms with E-state index in [1.165, 1.54) is 24.8 Å². The Morgan fingerprint density at radius 1 is 1.30 bits per heavy atom. The first kappa shape index (κ1) is 16.8. The second-order valence-electron chi connectivity index (χ2n) is 6.94. The largest absolute Gasteiger partial charge is 0.0887 e. The van der Waals surface area contributed by atoms with E-state index in [1.807, 2.05) is 6.07 Å². The van der Waals surface area contributed by atoms with Crippen molar-refractivity contribution in [2.45, 2.75) is 51.3 Å². The van der Waals surface area contributed by atoms with Crippen LogP contribution < -0.4 is 0 Å². The minimum Gasteiger partial charge on any atom is -0.0887 e. The lowest BCUT2D eigenvalue weighted by atomic mass is 9.66. The molecule has 3 unspecified atom stereocenters. The van der Waals surface area contributed by atoms with Crippen LogP contribution in [0.2, 0.25) is 5.02 Å². The number of hydrogen-bond donors (Lipinski definition) is 0. The lowest BCUT2D eigenvalue weighted by molar-refractivity contribution is 0.147. The Bertz CT molecular complexity index is 470. The van der Waals surface area contributed by atoms with E-state index >= 15 is 0 Å². The van der Waals surface area contributed by atoms with E-state index in [1.54, 1.807) is 0 Å². The van der Waals surface area contributed by atoms with Crippen LogP contribution >= 0.6 is 43.5 Å². The maximum atomic E-state index is 6.39. The quantitative estimate of drug-likeness (QED) is 0.466. The maximum absolute atomic E-state index is 6.39. The monoisotopic (exact) mass is 420 g/mol. The number of rotatable bonds is 3. The van der Waals surface area contributed by atoms with Crippen molar-refractivity contribution in [2.75, 3.05) is 0 Å². The topological polar surface area (TPSA) is 0 Å². The molecule has 1 aromatic carbocycles. The third kappa shape index (κ3) is 4.01. The summed E-state index contributed by atoms with van der Waals surface area (Å²) >= 11 is 13.8. The van der Waals surface area contributed by atoms with Gasteiger partial charge in [-0.1, -0.05) is 76.7 Å². The molecule has 3 atom stereocenters. The fraction of sp³-hybridized carbons (Fsp3) is 0.647. The SMILES string of the molecule is CC1CCC(C(C)(C)Cc2ccc(Br)cc2Cl)C(Br)C1. The van der Waals surface area contributed by atoms with Crippen LogP contribution in [0.3, 0.4) is 0 Å². The molecule has 0 aromatic heterocycles. The average molecular weight is 423 g/mol. The van der Waals surface area contributed by atoms with Crippen LogP contribution in [-0.2, 0) is 6.42 Å². The molecule has 0 heterocycles. The Morgan fingerprint density at radius 3 is 2.60 bits per heavy atom. The first-order valence-corrected chi connectivity index (χ1v) is 9.46. The molecule has 1 fully saturated rings. The third-order valence-corrected chi connectivity index (χ3v) is 6.56. The molecular formula is C17H23Br2Cl. The molecule has 0 N–H and O–H groups in total. The molecule has 0 radical (unpaired) electrons. The zero-order chi connectivity index (χ0) is 14.9. The van der Waals surface area contributed by atoms with Gasteiger partial charge in [0.25, 0.3) is 0 Å². The van der Waals surface area contributed by atoms with Gasteiger partial charge in [-0.2, -0.15) is 0 Å². The van der Waals surface area contributed by atoms with Gasteiger partial charge in [-0.3, -0.25) is 0 Å². The highest BCUT2D eigenvalue weighted by molar-refractivity contribution is 9.10. The average Bonchev–Trinajstić information content (AvgIpc) is 2.32. The minimum atomic E-state index is 0.270. The van der Waals surface area contributed by atoms with Gasteiger partial charge in [0.1, 0.15) is 0 Å². The molecule has 3 heteroatoms. The molecule has 1 saturated carbocycles.